The standard InChI is InChI=1S/C9H13NO2/c1-6(10)7-4-3-5-8(11)9(7)12-2/h3-6,11H,10H2,1-2H3. The molecule has 0 aliphatic carbocycles. The summed E-state index contributed by atoms with van der Waals surface area (Å²) in [7, 11) is 1.51. The number of hydrogen-bond donors (Lipinski definition) is 2. The zero-order valence-electron chi connectivity index (χ0n) is 7.24. The largest absolute Gasteiger partial charge is 0.504 e. The van der Waals surface area contributed by atoms with Gasteiger partial charge in [0.05, 0.1) is 7.11 Å². The van der Waals surface area contributed by atoms with Crippen LogP contribution in [0.4, 0.5) is 0 Å². The van der Waals surface area contributed by atoms with E-state index in [0.29, 0.717) is 5.75 Å². The van der Waals surface area contributed by atoms with Gasteiger partial charge in [-0.05, 0) is 13.0 Å². The zero-order valence-corrected chi connectivity index (χ0v) is 7.24. The van der Waals surface area contributed by atoms with Crippen LogP contribution < -0.4 is 10.5 Å². The Morgan fingerprint density at radius 2 is 2.17 bits per heavy atom. The molecule has 0 spiro atoms. The second-order valence-electron chi connectivity index (χ2n) is 2.69. The smallest absolute Gasteiger partial charge is 0.165 e. The van der Waals surface area contributed by atoms with E-state index in [4.69, 9.17) is 10.5 Å². The van der Waals surface area contributed by atoms with E-state index in [1.54, 1.807) is 12.1 Å². The molecule has 0 bridgehead atoms. The molecule has 12 heavy (non-hydrogen) atoms. The van der Waals surface area contributed by atoms with Crippen LogP contribution in [-0.4, -0.2) is 12.2 Å². The van der Waals surface area contributed by atoms with Gasteiger partial charge in [0, 0.05) is 11.6 Å². The summed E-state index contributed by atoms with van der Waals surface area (Å²) in [5.41, 5.74) is 6.48. The van der Waals surface area contributed by atoms with Gasteiger partial charge in [-0.3, -0.25) is 0 Å². The number of aromatic hydroxyl groups is 1. The number of phenols is 1. The molecule has 1 atom stereocenters. The molecule has 0 aliphatic rings. The molecule has 0 aliphatic heterocycles. The van der Waals surface area contributed by atoms with Gasteiger partial charge in [0.2, 0.25) is 0 Å². The molecule has 1 unspecified atom stereocenters. The van der Waals surface area contributed by atoms with Crippen molar-refractivity contribution < 1.29 is 9.84 Å². The van der Waals surface area contributed by atoms with Crippen molar-refractivity contribution >= 4 is 0 Å². The number of nitrogens with two attached hydrogens (primary N) is 1. The van der Waals surface area contributed by atoms with E-state index in [1.165, 1.54) is 7.11 Å². The van der Waals surface area contributed by atoms with E-state index >= 15 is 0 Å². The van der Waals surface area contributed by atoms with Crippen molar-refractivity contribution in [2.24, 2.45) is 5.73 Å². The molecular formula is C9H13NO2. The number of ether oxygens (including phenoxy) is 1. The summed E-state index contributed by atoms with van der Waals surface area (Å²) in [6, 6.07) is 5.02. The van der Waals surface area contributed by atoms with Crippen LogP contribution in [0.3, 0.4) is 0 Å². The van der Waals surface area contributed by atoms with Crippen LogP contribution >= 0.6 is 0 Å². The fourth-order valence-corrected chi connectivity index (χ4v) is 1.12. The first-order valence-corrected chi connectivity index (χ1v) is 3.78. The van der Waals surface area contributed by atoms with Crippen molar-refractivity contribution in [3.8, 4) is 11.5 Å². The van der Waals surface area contributed by atoms with Crippen LogP contribution in [0.15, 0.2) is 18.2 Å². The minimum absolute atomic E-state index is 0.132. The molecule has 1 aromatic rings. The number of hydrogen-bond acceptors (Lipinski definition) is 3. The van der Waals surface area contributed by atoms with Gasteiger partial charge in [0.1, 0.15) is 0 Å². The molecule has 0 radical (unpaired) electrons. The highest BCUT2D eigenvalue weighted by atomic mass is 16.5. The van der Waals surface area contributed by atoms with E-state index in [-0.39, 0.29) is 11.8 Å². The quantitative estimate of drug-likeness (QED) is 0.700. The van der Waals surface area contributed by atoms with E-state index in [1.807, 2.05) is 13.0 Å². The van der Waals surface area contributed by atoms with Crippen molar-refractivity contribution in [3.63, 3.8) is 0 Å². The molecule has 0 fully saturated rings. The van der Waals surface area contributed by atoms with Crippen molar-refractivity contribution in [2.45, 2.75) is 13.0 Å². The van der Waals surface area contributed by atoms with E-state index < -0.39 is 0 Å². The second-order valence-corrected chi connectivity index (χ2v) is 2.69. The molecule has 0 saturated heterocycles. The maximum atomic E-state index is 9.36. The Hall–Kier alpha value is -1.22. The predicted molar refractivity (Wildman–Crippen MR) is 47.3 cm³/mol. The first-order chi connectivity index (χ1) is 5.66. The Morgan fingerprint density at radius 1 is 1.50 bits per heavy atom. The van der Waals surface area contributed by atoms with Gasteiger partial charge >= 0.3 is 0 Å². The predicted octanol–water partition coefficient (Wildman–Crippen LogP) is 1.42. The number of benzene rings is 1. The molecule has 1 rings (SSSR count). The fourth-order valence-electron chi connectivity index (χ4n) is 1.12. The van der Waals surface area contributed by atoms with Crippen LogP contribution in [0.1, 0.15) is 18.5 Å². The first kappa shape index (κ1) is 8.87. The van der Waals surface area contributed by atoms with E-state index in [2.05, 4.69) is 0 Å². The Morgan fingerprint density at radius 3 is 2.58 bits per heavy atom. The first-order valence-electron chi connectivity index (χ1n) is 3.78. The van der Waals surface area contributed by atoms with Crippen molar-refractivity contribution in [1.29, 1.82) is 0 Å². The molecule has 3 N–H and O–H groups in total. The molecule has 3 nitrogen and oxygen atoms in total. The number of methoxy groups -OCH3 is 1. The number of para-hydroxylation sites is 1. The molecular weight excluding hydrogens is 154 g/mol. The Labute approximate surface area is 71.8 Å². The van der Waals surface area contributed by atoms with Gasteiger partial charge in [-0.1, -0.05) is 12.1 Å². The average Bonchev–Trinajstić information content (AvgIpc) is 2.03. The van der Waals surface area contributed by atoms with Gasteiger partial charge in [-0.15, -0.1) is 0 Å². The normalized spacial score (nSPS) is 12.6. The van der Waals surface area contributed by atoms with Crippen LogP contribution in [0.25, 0.3) is 0 Å². The van der Waals surface area contributed by atoms with Gasteiger partial charge in [0.25, 0.3) is 0 Å². The zero-order chi connectivity index (χ0) is 9.14. The highest BCUT2D eigenvalue weighted by Crippen LogP contribution is 2.32. The molecule has 1 aromatic carbocycles. The molecule has 66 valence electrons. The highest BCUT2D eigenvalue weighted by Gasteiger charge is 2.10. The number of phenolic OH excluding ortho intramolecular Hbond substituents is 1. The monoisotopic (exact) mass is 167 g/mol. The lowest BCUT2D eigenvalue weighted by Gasteiger charge is -2.12. The van der Waals surface area contributed by atoms with Crippen molar-refractivity contribution in [3.05, 3.63) is 23.8 Å². The molecule has 0 saturated carbocycles. The summed E-state index contributed by atoms with van der Waals surface area (Å²) in [6.45, 7) is 1.84. The Kier molecular flexibility index (Phi) is 2.55. The third-order valence-electron chi connectivity index (χ3n) is 1.72. The lowest BCUT2D eigenvalue weighted by Crippen LogP contribution is -2.06. The van der Waals surface area contributed by atoms with Gasteiger partial charge in [-0.2, -0.15) is 0 Å². The molecule has 0 amide bonds. The summed E-state index contributed by atoms with van der Waals surface area (Å²) < 4.78 is 5.01. The summed E-state index contributed by atoms with van der Waals surface area (Å²) in [6.07, 6.45) is 0. The van der Waals surface area contributed by atoms with Crippen LogP contribution in [0.2, 0.25) is 0 Å². The van der Waals surface area contributed by atoms with Gasteiger partial charge in [-0.25, -0.2) is 0 Å². The third kappa shape index (κ3) is 1.51. The summed E-state index contributed by atoms with van der Waals surface area (Å²) in [5, 5.41) is 9.36. The molecule has 3 heteroatoms. The van der Waals surface area contributed by atoms with Crippen LogP contribution in [-0.2, 0) is 0 Å². The summed E-state index contributed by atoms with van der Waals surface area (Å²) in [4.78, 5) is 0. The molecule has 0 heterocycles. The minimum Gasteiger partial charge on any atom is -0.504 e. The maximum Gasteiger partial charge on any atom is 0.165 e. The molecule has 0 aromatic heterocycles. The van der Waals surface area contributed by atoms with E-state index in [9.17, 15) is 5.11 Å². The lowest BCUT2D eigenvalue weighted by atomic mass is 10.1. The minimum atomic E-state index is -0.132. The topological polar surface area (TPSA) is 55.5 Å². The van der Waals surface area contributed by atoms with Crippen molar-refractivity contribution in [1.82, 2.24) is 0 Å². The van der Waals surface area contributed by atoms with Gasteiger partial charge in [0.15, 0.2) is 11.5 Å². The SMILES string of the molecule is COc1c(O)cccc1C(C)N. The van der Waals surface area contributed by atoms with Gasteiger partial charge < -0.3 is 15.6 Å². The summed E-state index contributed by atoms with van der Waals surface area (Å²) in [5.74, 6) is 0.597. The van der Waals surface area contributed by atoms with Crippen LogP contribution in [0.5, 0.6) is 11.5 Å². The third-order valence-corrected chi connectivity index (χ3v) is 1.72. The number of rotatable bonds is 2. The Bertz CT molecular complexity index is 271. The summed E-state index contributed by atoms with van der Waals surface area (Å²) >= 11 is 0. The average molecular weight is 167 g/mol. The van der Waals surface area contributed by atoms with Crippen LogP contribution in [0, 0.1) is 0 Å². The second kappa shape index (κ2) is 3.45. The van der Waals surface area contributed by atoms with E-state index in [0.717, 1.165) is 5.56 Å². The Balaban J connectivity index is 3.18. The fraction of sp³-hybridized carbons (Fsp3) is 0.333. The maximum absolute atomic E-state index is 9.36. The lowest BCUT2D eigenvalue weighted by molar-refractivity contribution is 0.367. The van der Waals surface area contributed by atoms with Crippen molar-refractivity contribution in [2.75, 3.05) is 7.11 Å². The highest BCUT2D eigenvalue weighted by molar-refractivity contribution is 5.46.